The second-order valence-corrected chi connectivity index (χ2v) is 19.7. The third-order valence-corrected chi connectivity index (χ3v) is 15.3. The maximum Gasteiger partial charge on any atom is 0.339 e. The highest BCUT2D eigenvalue weighted by atomic mass is 16.5. The van der Waals surface area contributed by atoms with Crippen molar-refractivity contribution in [1.29, 1.82) is 0 Å². The molecule has 8 aromatic rings. The number of fused-ring (bicyclic) bond motifs is 1. The van der Waals surface area contributed by atoms with Gasteiger partial charge >= 0.3 is 11.9 Å². The number of hydrogen-bond acceptors (Lipinski definition) is 8. The molecule has 68 heavy (non-hydrogen) atoms. The molecule has 2 heterocycles. The number of carbonyl (C=O) groups excluding carboxylic acids is 2. The van der Waals surface area contributed by atoms with Crippen molar-refractivity contribution < 1.29 is 19.1 Å². The first-order chi connectivity index (χ1) is 33.0. The Morgan fingerprint density at radius 1 is 0.412 bits per heavy atom. The normalized spacial score (nSPS) is 13.4. The van der Waals surface area contributed by atoms with Gasteiger partial charge < -0.3 is 9.47 Å². The molecule has 6 aromatic carbocycles. The van der Waals surface area contributed by atoms with Crippen LogP contribution in [0.1, 0.15) is 191 Å². The lowest BCUT2D eigenvalue weighted by Gasteiger charge is -2.26. The predicted octanol–water partition coefficient (Wildman–Crippen LogP) is 13.6. The summed E-state index contributed by atoms with van der Waals surface area (Å²) in [6.45, 7) is 16.9. The largest absolute Gasteiger partial charge is 0.462 e. The number of aromatic nitrogens is 2. The number of nitrogens with zero attached hydrogens (tertiary/aromatic N) is 2. The molecular weight excluding hydrogens is 853 g/mol. The fourth-order valence-corrected chi connectivity index (χ4v) is 11.7. The summed E-state index contributed by atoms with van der Waals surface area (Å²) in [7, 11) is 0. The summed E-state index contributed by atoms with van der Waals surface area (Å²) in [4.78, 5) is 90.6. The van der Waals surface area contributed by atoms with Gasteiger partial charge in [-0.15, -0.1) is 0 Å². The third kappa shape index (κ3) is 8.07. The molecule has 0 saturated heterocycles. The van der Waals surface area contributed by atoms with Crippen molar-refractivity contribution in [3.8, 4) is 0 Å². The lowest BCUT2D eigenvalue weighted by molar-refractivity contribution is 0.0385. The Morgan fingerprint density at radius 2 is 0.735 bits per heavy atom. The summed E-state index contributed by atoms with van der Waals surface area (Å²) in [6.07, 6.45) is 13.0. The van der Waals surface area contributed by atoms with Gasteiger partial charge in [0.15, 0.2) is 0 Å². The minimum absolute atomic E-state index is 0.0222. The van der Waals surface area contributed by atoms with Crippen LogP contribution in [0.25, 0.3) is 75.4 Å². The van der Waals surface area contributed by atoms with E-state index >= 15 is 19.2 Å². The highest BCUT2D eigenvalue weighted by Crippen LogP contribution is 2.50. The molecule has 10 heteroatoms. The minimum atomic E-state index is -0.718. The lowest BCUT2D eigenvalue weighted by Crippen LogP contribution is -2.37. The Bertz CT molecular complexity index is 3110. The fourth-order valence-electron chi connectivity index (χ4n) is 11.7. The molecule has 10 nitrogen and oxygen atoms in total. The van der Waals surface area contributed by atoms with E-state index in [0.717, 1.165) is 77.0 Å². The van der Waals surface area contributed by atoms with Gasteiger partial charge in [0.25, 0.3) is 22.2 Å². The quantitative estimate of drug-likeness (QED) is 0.0333. The van der Waals surface area contributed by atoms with Gasteiger partial charge in [-0.3, -0.25) is 28.3 Å². The monoisotopic (exact) mass is 923 g/mol. The van der Waals surface area contributed by atoms with Gasteiger partial charge in [-0.1, -0.05) is 132 Å². The second-order valence-electron chi connectivity index (χ2n) is 19.7. The van der Waals surface area contributed by atoms with Gasteiger partial charge in [0.05, 0.1) is 24.3 Å². The molecule has 0 spiro atoms. The first kappa shape index (κ1) is 48.8. The zero-order valence-electron chi connectivity index (χ0n) is 41.7. The van der Waals surface area contributed by atoms with Gasteiger partial charge in [0.2, 0.25) is 0 Å². The van der Waals surface area contributed by atoms with Crippen LogP contribution in [0.15, 0.2) is 55.6 Å². The minimum Gasteiger partial charge on any atom is -0.462 e. The Morgan fingerprint density at radius 3 is 1.06 bits per heavy atom. The van der Waals surface area contributed by atoms with E-state index in [-0.39, 0.29) is 70.2 Å². The molecule has 2 aromatic heterocycles. The molecule has 0 radical (unpaired) electrons. The maximum atomic E-state index is 15.3. The predicted molar refractivity (Wildman–Crippen MR) is 280 cm³/mol. The standard InChI is InChI=1S/C58H70N2O8/c1-9-17-23-33(15-7)31-67-57(65)51-41-29-43-45-39(53(61)59(55(43)63)35(19-11-3)20-12-4)27-25-37-38-26-28-40-46-44(56(64)60(54(40)62)36(21-13-5)22-14-6)30-42(50(48(38)46)49(41)47(37)45)52(51)58(66)68-32-34(16-8)24-18-10-2/h25-30,33-36H,9-24,31-32H2,1-8H3. The molecule has 2 atom stereocenters. The number of carbonyl (C=O) groups is 2. The number of rotatable bonds is 24. The zero-order chi connectivity index (χ0) is 48.6. The van der Waals surface area contributed by atoms with Crippen LogP contribution in [0.4, 0.5) is 0 Å². The van der Waals surface area contributed by atoms with Gasteiger partial charge in [0, 0.05) is 44.4 Å². The van der Waals surface area contributed by atoms with Crippen LogP contribution < -0.4 is 22.2 Å². The van der Waals surface area contributed by atoms with E-state index in [0.29, 0.717) is 90.3 Å². The Balaban J connectivity index is 1.60. The number of esters is 2. The van der Waals surface area contributed by atoms with Crippen molar-refractivity contribution >= 4 is 87.3 Å². The van der Waals surface area contributed by atoms with Crippen LogP contribution in [-0.4, -0.2) is 34.3 Å². The topological polar surface area (TPSA) is 131 Å². The van der Waals surface area contributed by atoms with Gasteiger partial charge in [0.1, 0.15) is 0 Å². The van der Waals surface area contributed by atoms with E-state index in [2.05, 4.69) is 27.7 Å². The average molecular weight is 923 g/mol. The number of ether oxygens (including phenoxy) is 2. The molecule has 8 rings (SSSR count). The lowest BCUT2D eigenvalue weighted by atomic mass is 9.79. The SMILES string of the molecule is CCCCC(CC)COC(=O)c1c(C(=O)OCC(CC)CCCC)c2cc3c(=O)n(C(CCC)CCC)c(=O)c4ccc5c6ccc7c(=O)n(C(CCC)CCC)c(=O)c8cc1c(c2c5c43)c6c78. The first-order valence-electron chi connectivity index (χ1n) is 26.1. The van der Waals surface area contributed by atoms with Crippen molar-refractivity contribution in [2.45, 2.75) is 170 Å². The van der Waals surface area contributed by atoms with E-state index in [1.807, 2.05) is 39.8 Å². The summed E-state index contributed by atoms with van der Waals surface area (Å²) < 4.78 is 15.5. The fraction of sp³-hybridized carbons (Fsp3) is 0.517. The number of pyridine rings is 2. The average Bonchev–Trinajstić information content (AvgIpc) is 3.34. The molecule has 0 saturated carbocycles. The van der Waals surface area contributed by atoms with E-state index in [1.165, 1.54) is 9.13 Å². The summed E-state index contributed by atoms with van der Waals surface area (Å²) in [6, 6.07) is 10.1. The summed E-state index contributed by atoms with van der Waals surface area (Å²) in [5.41, 5.74) is -1.64. The van der Waals surface area contributed by atoms with Crippen LogP contribution in [0.3, 0.4) is 0 Å². The van der Waals surface area contributed by atoms with Crippen LogP contribution in [0.5, 0.6) is 0 Å². The van der Waals surface area contributed by atoms with Crippen molar-refractivity contribution in [2.75, 3.05) is 13.2 Å². The molecule has 0 aliphatic rings. The molecule has 0 N–H and O–H groups in total. The van der Waals surface area contributed by atoms with Crippen LogP contribution in [-0.2, 0) is 9.47 Å². The highest BCUT2D eigenvalue weighted by molar-refractivity contribution is 6.47. The van der Waals surface area contributed by atoms with Crippen molar-refractivity contribution in [2.24, 2.45) is 11.8 Å². The van der Waals surface area contributed by atoms with Crippen molar-refractivity contribution in [3.63, 3.8) is 0 Å². The molecule has 0 aliphatic carbocycles. The number of benzene rings is 6. The number of hydrogen-bond donors (Lipinski definition) is 0. The van der Waals surface area contributed by atoms with Crippen molar-refractivity contribution in [3.05, 3.63) is 88.9 Å². The van der Waals surface area contributed by atoms with Crippen LogP contribution in [0.2, 0.25) is 0 Å². The van der Waals surface area contributed by atoms with Gasteiger partial charge in [-0.05, 0) is 118 Å². The Hall–Kier alpha value is -5.64. The molecule has 0 amide bonds. The molecule has 0 bridgehead atoms. The second kappa shape index (κ2) is 20.5. The third-order valence-electron chi connectivity index (χ3n) is 15.3. The molecule has 0 aliphatic heterocycles. The number of unbranched alkanes of at least 4 members (excludes halogenated alkanes) is 2. The Labute approximate surface area is 398 Å². The van der Waals surface area contributed by atoms with E-state index < -0.39 is 23.1 Å². The van der Waals surface area contributed by atoms with Crippen LogP contribution in [0, 0.1) is 11.8 Å². The van der Waals surface area contributed by atoms with E-state index in [1.54, 1.807) is 24.3 Å². The first-order valence-corrected chi connectivity index (χ1v) is 26.1. The highest BCUT2D eigenvalue weighted by Gasteiger charge is 2.35. The smallest absolute Gasteiger partial charge is 0.339 e. The summed E-state index contributed by atoms with van der Waals surface area (Å²) >= 11 is 0. The Kier molecular flexibility index (Phi) is 14.7. The van der Waals surface area contributed by atoms with E-state index in [4.69, 9.17) is 9.47 Å². The molecular formula is C58H70N2O8. The molecule has 2 unspecified atom stereocenters. The van der Waals surface area contributed by atoms with Crippen molar-refractivity contribution in [1.82, 2.24) is 9.13 Å². The summed E-state index contributed by atoms with van der Waals surface area (Å²) in [5, 5.41) is 6.83. The molecule has 360 valence electrons. The van der Waals surface area contributed by atoms with Gasteiger partial charge in [-0.2, -0.15) is 0 Å². The van der Waals surface area contributed by atoms with E-state index in [9.17, 15) is 9.59 Å². The zero-order valence-corrected chi connectivity index (χ0v) is 41.7. The van der Waals surface area contributed by atoms with Gasteiger partial charge in [-0.25, -0.2) is 9.59 Å². The maximum absolute atomic E-state index is 15.3. The van der Waals surface area contributed by atoms with Crippen LogP contribution >= 0.6 is 0 Å². The summed E-state index contributed by atoms with van der Waals surface area (Å²) in [5.74, 6) is -1.26. The molecule has 0 fully saturated rings.